The van der Waals surface area contributed by atoms with Crippen molar-refractivity contribution in [1.29, 1.82) is 0 Å². The topological polar surface area (TPSA) is 78.9 Å². The van der Waals surface area contributed by atoms with Crippen LogP contribution in [0.5, 0.6) is 0 Å². The molecule has 2 bridgehead atoms. The van der Waals surface area contributed by atoms with E-state index in [-0.39, 0.29) is 30.5 Å². The SMILES string of the molecule is COCCNCC(=O)N1C2CCC1C(C(=O)O)C2. The summed E-state index contributed by atoms with van der Waals surface area (Å²) in [5.41, 5.74) is 0. The first kappa shape index (κ1) is 13.3. The molecule has 2 saturated heterocycles. The molecule has 0 aromatic rings. The van der Waals surface area contributed by atoms with Gasteiger partial charge < -0.3 is 20.1 Å². The lowest BCUT2D eigenvalue weighted by molar-refractivity contribution is -0.143. The van der Waals surface area contributed by atoms with Gasteiger partial charge in [0.25, 0.3) is 0 Å². The minimum absolute atomic E-state index is 0.0161. The fraction of sp³-hybridized carbons (Fsp3) is 0.833. The van der Waals surface area contributed by atoms with Crippen LogP contribution in [0, 0.1) is 5.92 Å². The summed E-state index contributed by atoms with van der Waals surface area (Å²) in [7, 11) is 1.61. The smallest absolute Gasteiger partial charge is 0.308 e. The molecule has 18 heavy (non-hydrogen) atoms. The van der Waals surface area contributed by atoms with Gasteiger partial charge in [-0.15, -0.1) is 0 Å². The normalized spacial score (nSPS) is 29.8. The standard InChI is InChI=1S/C12H20N2O4/c1-18-5-4-13-7-11(15)14-8-2-3-10(14)9(6-8)12(16)17/h8-10,13H,2-7H2,1H3,(H,16,17). The van der Waals surface area contributed by atoms with Crippen LogP contribution >= 0.6 is 0 Å². The van der Waals surface area contributed by atoms with Crippen LogP contribution in [0.1, 0.15) is 19.3 Å². The van der Waals surface area contributed by atoms with Gasteiger partial charge in [-0.2, -0.15) is 0 Å². The lowest BCUT2D eigenvalue weighted by Crippen LogP contribution is -2.43. The van der Waals surface area contributed by atoms with E-state index >= 15 is 0 Å². The largest absolute Gasteiger partial charge is 0.481 e. The zero-order valence-electron chi connectivity index (χ0n) is 10.6. The third-order valence-corrected chi connectivity index (χ3v) is 3.90. The summed E-state index contributed by atoms with van der Waals surface area (Å²) in [6.45, 7) is 1.47. The van der Waals surface area contributed by atoms with E-state index in [1.807, 2.05) is 0 Å². The van der Waals surface area contributed by atoms with E-state index < -0.39 is 5.97 Å². The highest BCUT2D eigenvalue weighted by Crippen LogP contribution is 2.41. The molecule has 6 heteroatoms. The van der Waals surface area contributed by atoms with Crippen molar-refractivity contribution in [3.63, 3.8) is 0 Å². The van der Waals surface area contributed by atoms with Gasteiger partial charge >= 0.3 is 5.97 Å². The molecule has 0 aliphatic carbocycles. The van der Waals surface area contributed by atoms with E-state index in [0.29, 0.717) is 19.6 Å². The van der Waals surface area contributed by atoms with Crippen molar-refractivity contribution in [2.45, 2.75) is 31.3 Å². The lowest BCUT2D eigenvalue weighted by atomic mass is 9.89. The summed E-state index contributed by atoms with van der Waals surface area (Å²) in [5.74, 6) is -1.12. The van der Waals surface area contributed by atoms with Gasteiger partial charge in [0.15, 0.2) is 0 Å². The second kappa shape index (κ2) is 5.67. The Hall–Kier alpha value is -1.14. The summed E-state index contributed by atoms with van der Waals surface area (Å²) in [4.78, 5) is 24.9. The minimum Gasteiger partial charge on any atom is -0.481 e. The van der Waals surface area contributed by atoms with Crippen LogP contribution in [-0.4, -0.2) is 60.8 Å². The molecular formula is C12H20N2O4. The molecule has 0 aromatic carbocycles. The molecule has 3 unspecified atom stereocenters. The molecular weight excluding hydrogens is 236 g/mol. The number of rotatable bonds is 6. The summed E-state index contributed by atoms with van der Waals surface area (Å²) in [6, 6.07) is 0.0389. The summed E-state index contributed by atoms with van der Waals surface area (Å²) in [5, 5.41) is 12.1. The van der Waals surface area contributed by atoms with Gasteiger partial charge in [0.2, 0.25) is 5.91 Å². The Morgan fingerprint density at radius 3 is 2.83 bits per heavy atom. The lowest BCUT2D eigenvalue weighted by Gasteiger charge is -2.23. The Labute approximate surface area is 106 Å². The Morgan fingerprint density at radius 2 is 2.22 bits per heavy atom. The highest BCUT2D eigenvalue weighted by molar-refractivity contribution is 5.82. The molecule has 2 aliphatic rings. The minimum atomic E-state index is -0.771. The van der Waals surface area contributed by atoms with Crippen molar-refractivity contribution < 1.29 is 19.4 Å². The van der Waals surface area contributed by atoms with Crippen molar-refractivity contribution in [2.24, 2.45) is 5.92 Å². The Morgan fingerprint density at radius 1 is 1.44 bits per heavy atom. The van der Waals surface area contributed by atoms with E-state index in [1.54, 1.807) is 12.0 Å². The Bertz CT molecular complexity index is 334. The molecule has 0 aromatic heterocycles. The van der Waals surface area contributed by atoms with E-state index in [4.69, 9.17) is 9.84 Å². The number of hydrogen-bond acceptors (Lipinski definition) is 4. The maximum atomic E-state index is 12.1. The number of fused-ring (bicyclic) bond motifs is 2. The summed E-state index contributed by atoms with van der Waals surface area (Å²) < 4.78 is 4.89. The molecule has 2 fully saturated rings. The monoisotopic (exact) mass is 256 g/mol. The van der Waals surface area contributed by atoms with Gasteiger partial charge in [-0.3, -0.25) is 9.59 Å². The number of nitrogens with zero attached hydrogens (tertiary/aromatic N) is 1. The van der Waals surface area contributed by atoms with Crippen molar-refractivity contribution in [3.05, 3.63) is 0 Å². The highest BCUT2D eigenvalue weighted by Gasteiger charge is 2.50. The number of carboxylic acid groups (broad SMARTS) is 1. The van der Waals surface area contributed by atoms with E-state index in [9.17, 15) is 9.59 Å². The Kier molecular flexibility index (Phi) is 4.19. The number of carboxylic acids is 1. The molecule has 2 rings (SSSR count). The van der Waals surface area contributed by atoms with Crippen LogP contribution < -0.4 is 5.32 Å². The van der Waals surface area contributed by atoms with E-state index in [0.717, 1.165) is 12.8 Å². The predicted molar refractivity (Wildman–Crippen MR) is 64.1 cm³/mol. The molecule has 6 nitrogen and oxygen atoms in total. The zero-order valence-corrected chi connectivity index (χ0v) is 10.6. The zero-order chi connectivity index (χ0) is 13.1. The first-order valence-corrected chi connectivity index (χ1v) is 6.38. The van der Waals surface area contributed by atoms with Crippen LogP contribution in [0.3, 0.4) is 0 Å². The van der Waals surface area contributed by atoms with Gasteiger partial charge in [-0.25, -0.2) is 0 Å². The van der Waals surface area contributed by atoms with Gasteiger partial charge in [-0.05, 0) is 19.3 Å². The fourth-order valence-corrected chi connectivity index (χ4v) is 3.10. The van der Waals surface area contributed by atoms with Crippen LogP contribution in [0.25, 0.3) is 0 Å². The van der Waals surface area contributed by atoms with Crippen LogP contribution in [0.15, 0.2) is 0 Å². The summed E-state index contributed by atoms with van der Waals surface area (Å²) in [6.07, 6.45) is 2.38. The molecule has 2 heterocycles. The van der Waals surface area contributed by atoms with Crippen molar-refractivity contribution in [3.8, 4) is 0 Å². The second-order valence-corrected chi connectivity index (χ2v) is 4.95. The number of aliphatic carboxylic acids is 1. The molecule has 0 radical (unpaired) electrons. The van der Waals surface area contributed by atoms with E-state index in [1.165, 1.54) is 0 Å². The number of amides is 1. The predicted octanol–water partition coefficient (Wildman–Crippen LogP) is -0.313. The number of methoxy groups -OCH3 is 1. The van der Waals surface area contributed by atoms with Crippen LogP contribution in [-0.2, 0) is 14.3 Å². The molecule has 0 saturated carbocycles. The van der Waals surface area contributed by atoms with Gasteiger partial charge in [0.1, 0.15) is 0 Å². The summed E-state index contributed by atoms with van der Waals surface area (Å²) >= 11 is 0. The maximum Gasteiger partial charge on any atom is 0.308 e. The molecule has 2 aliphatic heterocycles. The fourth-order valence-electron chi connectivity index (χ4n) is 3.10. The number of nitrogens with one attached hydrogen (secondary N) is 1. The number of carbonyl (C=O) groups excluding carboxylic acids is 1. The highest BCUT2D eigenvalue weighted by atomic mass is 16.5. The van der Waals surface area contributed by atoms with Gasteiger partial charge in [0.05, 0.1) is 19.1 Å². The van der Waals surface area contributed by atoms with Gasteiger partial charge in [0, 0.05) is 25.7 Å². The Balaban J connectivity index is 1.86. The van der Waals surface area contributed by atoms with Crippen molar-refractivity contribution >= 4 is 11.9 Å². The first-order valence-electron chi connectivity index (χ1n) is 6.38. The van der Waals surface area contributed by atoms with Crippen molar-refractivity contribution in [2.75, 3.05) is 26.8 Å². The van der Waals surface area contributed by atoms with Gasteiger partial charge in [-0.1, -0.05) is 0 Å². The third-order valence-electron chi connectivity index (χ3n) is 3.90. The van der Waals surface area contributed by atoms with Crippen LogP contribution in [0.2, 0.25) is 0 Å². The maximum absolute atomic E-state index is 12.1. The third kappa shape index (κ3) is 2.49. The molecule has 0 spiro atoms. The number of hydrogen-bond donors (Lipinski definition) is 2. The first-order chi connectivity index (χ1) is 8.65. The number of carbonyl (C=O) groups is 2. The number of ether oxygens (including phenoxy) is 1. The quantitative estimate of drug-likeness (QED) is 0.637. The molecule has 3 atom stereocenters. The molecule has 2 N–H and O–H groups in total. The van der Waals surface area contributed by atoms with Crippen molar-refractivity contribution in [1.82, 2.24) is 10.2 Å². The van der Waals surface area contributed by atoms with E-state index in [2.05, 4.69) is 5.32 Å². The molecule has 1 amide bonds. The average molecular weight is 256 g/mol. The van der Waals surface area contributed by atoms with Crippen LogP contribution in [0.4, 0.5) is 0 Å². The molecule has 102 valence electrons. The average Bonchev–Trinajstić information content (AvgIpc) is 2.91. The second-order valence-electron chi connectivity index (χ2n) is 4.95.